The molecule has 1 fully saturated rings. The van der Waals surface area contributed by atoms with Crippen LogP contribution in [0.25, 0.3) is 0 Å². The summed E-state index contributed by atoms with van der Waals surface area (Å²) < 4.78 is 198. The van der Waals surface area contributed by atoms with Crippen molar-refractivity contribution in [3.63, 3.8) is 0 Å². The van der Waals surface area contributed by atoms with Gasteiger partial charge in [0.1, 0.15) is 23.0 Å². The molecule has 73 heavy (non-hydrogen) atoms. The van der Waals surface area contributed by atoms with Gasteiger partial charge in [-0.1, -0.05) is 117 Å². The quantitative estimate of drug-likeness (QED) is 0.0939. The van der Waals surface area contributed by atoms with Gasteiger partial charge < -0.3 is 35.3 Å². The van der Waals surface area contributed by atoms with E-state index in [1.807, 2.05) is 0 Å². The van der Waals surface area contributed by atoms with Gasteiger partial charge in [-0.15, -0.1) is 52.7 Å². The Balaban J connectivity index is 0.000000277. The highest BCUT2D eigenvalue weighted by Gasteiger charge is 2.43. The molecule has 8 nitrogen and oxygen atoms in total. The number of hydrogen-bond donors (Lipinski definition) is 3. The van der Waals surface area contributed by atoms with Gasteiger partial charge in [0, 0.05) is 25.3 Å². The van der Waals surface area contributed by atoms with E-state index in [1.165, 1.54) is 48.5 Å². The van der Waals surface area contributed by atoms with E-state index in [4.69, 9.17) is 5.73 Å². The summed E-state index contributed by atoms with van der Waals surface area (Å²) in [6.07, 6.45) is -21.1. The smallest absolute Gasteiger partial charge is 0.406 e. The summed E-state index contributed by atoms with van der Waals surface area (Å²) in [6, 6.07) is 34.6. The molecule has 2 amide bonds. The molecule has 1 atom stereocenters. The van der Waals surface area contributed by atoms with Gasteiger partial charge >= 0.3 is 31.5 Å². The van der Waals surface area contributed by atoms with E-state index in [0.29, 0.717) is 5.56 Å². The fourth-order valence-corrected chi connectivity index (χ4v) is 8.10. The van der Waals surface area contributed by atoms with Crippen LogP contribution in [0.15, 0.2) is 158 Å². The van der Waals surface area contributed by atoms with Gasteiger partial charge in [0.15, 0.2) is 0 Å². The first-order valence-corrected chi connectivity index (χ1v) is 21.4. The molecule has 0 aliphatic heterocycles. The standard InChI is InChI=1S/C28H24F8N2O3.C22H17F6NO2.CH4/c29-25(30)13-12-21(17-25)37-24(39)38-26(16-18-6-2-1-3-7-18,19-8-4-10-22(14-19)40-27(31,32)33)20-9-5-11-23(15-20)41-28(34,35)36;23-21(24,25)30-18-10-4-8-16(12-18)20(29,14-15-6-2-1-3-7-15)17-9-5-11-19(13-17)31-22(26,27)28;/h1-11,14-15,21H,12-13,16-17H2,(H2,37,38,39);1-13H,14,29H2;1H4/t21-;;/m1../s1. The third kappa shape index (κ3) is 16.9. The minimum atomic E-state index is -5.06. The van der Waals surface area contributed by atoms with Gasteiger partial charge in [0.2, 0.25) is 5.92 Å². The summed E-state index contributed by atoms with van der Waals surface area (Å²) in [7, 11) is 0. The van der Waals surface area contributed by atoms with Crippen LogP contribution in [0.5, 0.6) is 23.0 Å². The summed E-state index contributed by atoms with van der Waals surface area (Å²) in [4.78, 5) is 13.3. The van der Waals surface area contributed by atoms with Crippen LogP contribution in [0.2, 0.25) is 0 Å². The molecule has 0 spiro atoms. The highest BCUT2D eigenvalue weighted by molar-refractivity contribution is 5.77. The molecule has 0 aromatic heterocycles. The van der Waals surface area contributed by atoms with Crippen LogP contribution in [0.4, 0.5) is 66.3 Å². The molecule has 1 aliphatic rings. The van der Waals surface area contributed by atoms with Gasteiger partial charge in [0.05, 0.1) is 11.1 Å². The second kappa shape index (κ2) is 22.7. The first-order valence-electron chi connectivity index (χ1n) is 21.4. The number of amides is 2. The molecular weight excluding hydrogens is 1000 g/mol. The van der Waals surface area contributed by atoms with Gasteiger partial charge in [-0.25, -0.2) is 13.6 Å². The molecule has 4 N–H and O–H groups in total. The maximum absolute atomic E-state index is 13.8. The Kier molecular flexibility index (Phi) is 17.6. The molecule has 0 saturated heterocycles. The third-order valence-electron chi connectivity index (χ3n) is 11.0. The topological polar surface area (TPSA) is 104 Å². The summed E-state index contributed by atoms with van der Waals surface area (Å²) in [5, 5.41) is 5.15. The second-order valence-corrected chi connectivity index (χ2v) is 16.4. The van der Waals surface area contributed by atoms with Crippen LogP contribution >= 0.6 is 0 Å². The highest BCUT2D eigenvalue weighted by Crippen LogP contribution is 2.40. The van der Waals surface area contributed by atoms with E-state index in [2.05, 4.69) is 29.6 Å². The van der Waals surface area contributed by atoms with Crippen molar-refractivity contribution >= 4 is 6.03 Å². The lowest BCUT2D eigenvalue weighted by Gasteiger charge is -2.37. The molecule has 0 radical (unpaired) electrons. The van der Waals surface area contributed by atoms with Crippen molar-refractivity contribution in [1.29, 1.82) is 0 Å². The Bertz CT molecular complexity index is 2620. The number of nitrogens with one attached hydrogen (secondary N) is 2. The normalized spacial score (nSPS) is 14.9. The van der Waals surface area contributed by atoms with Gasteiger partial charge in [-0.05, 0) is 94.8 Å². The van der Waals surface area contributed by atoms with E-state index in [9.17, 15) is 66.3 Å². The minimum absolute atomic E-state index is 0. The lowest BCUT2D eigenvalue weighted by molar-refractivity contribution is -0.275. The van der Waals surface area contributed by atoms with Gasteiger partial charge in [-0.3, -0.25) is 0 Å². The average Bonchev–Trinajstić information content (AvgIpc) is 3.62. The first kappa shape index (κ1) is 56.7. The summed E-state index contributed by atoms with van der Waals surface area (Å²) >= 11 is 0. The number of hydrogen-bond acceptors (Lipinski definition) is 6. The zero-order valence-corrected chi connectivity index (χ0v) is 37.0. The number of urea groups is 1. The summed E-state index contributed by atoms with van der Waals surface area (Å²) in [5.74, 6) is -5.25. The Morgan fingerprint density at radius 3 is 1.19 bits per heavy atom. The maximum atomic E-state index is 13.8. The van der Waals surface area contributed by atoms with Crippen molar-refractivity contribution < 1.29 is 85.2 Å². The molecular formula is C51H45F14N3O5. The second-order valence-electron chi connectivity index (χ2n) is 16.4. The number of carbonyl (C=O) groups excluding carboxylic acids is 1. The van der Waals surface area contributed by atoms with E-state index in [-0.39, 0.29) is 48.9 Å². The zero-order valence-electron chi connectivity index (χ0n) is 37.0. The zero-order chi connectivity index (χ0) is 52.6. The van der Waals surface area contributed by atoms with Crippen molar-refractivity contribution in [2.75, 3.05) is 0 Å². The van der Waals surface area contributed by atoms with Crippen LogP contribution in [-0.2, 0) is 23.9 Å². The maximum Gasteiger partial charge on any atom is 0.573 e. The van der Waals surface area contributed by atoms with Crippen molar-refractivity contribution in [2.45, 2.75) is 88.0 Å². The predicted octanol–water partition coefficient (Wildman–Crippen LogP) is 14.0. The van der Waals surface area contributed by atoms with Crippen LogP contribution in [-0.4, -0.2) is 43.4 Å². The van der Waals surface area contributed by atoms with Crippen LogP contribution < -0.4 is 35.3 Å². The molecule has 0 bridgehead atoms. The highest BCUT2D eigenvalue weighted by atomic mass is 19.4. The Morgan fingerprint density at radius 1 is 0.507 bits per heavy atom. The van der Waals surface area contributed by atoms with Gasteiger partial charge in [0.25, 0.3) is 0 Å². The third-order valence-corrected chi connectivity index (χ3v) is 11.0. The number of nitrogens with two attached hydrogens (primary N) is 1. The number of rotatable bonds is 14. The molecule has 6 aromatic rings. The van der Waals surface area contributed by atoms with Crippen LogP contribution in [0, 0.1) is 0 Å². The number of benzene rings is 6. The number of halogens is 14. The van der Waals surface area contributed by atoms with E-state index in [0.717, 1.165) is 54.1 Å². The first-order chi connectivity index (χ1) is 33.6. The number of alkyl halides is 14. The van der Waals surface area contributed by atoms with Crippen molar-refractivity contribution in [1.82, 2.24) is 10.6 Å². The summed E-state index contributed by atoms with van der Waals surface area (Å²) in [5.41, 5.74) is 5.12. The number of carbonyl (C=O) groups is 1. The minimum Gasteiger partial charge on any atom is -0.406 e. The predicted molar refractivity (Wildman–Crippen MR) is 240 cm³/mol. The molecule has 0 unspecified atom stereocenters. The molecule has 22 heteroatoms. The molecule has 1 aliphatic carbocycles. The Morgan fingerprint density at radius 2 is 0.849 bits per heavy atom. The SMILES string of the molecule is C.NC(Cc1ccccc1)(c1cccc(OC(F)(F)F)c1)c1cccc(OC(F)(F)F)c1.O=C(N[C@@H]1CCC(F)(F)C1)NC(Cc1ccccc1)(c1cccc(OC(F)(F)F)c1)c1cccc(OC(F)(F)F)c1. The van der Waals surface area contributed by atoms with E-state index in [1.54, 1.807) is 60.7 Å². The molecule has 0 heterocycles. The molecule has 1 saturated carbocycles. The van der Waals surface area contributed by atoms with Crippen molar-refractivity contribution in [3.05, 3.63) is 191 Å². The Labute approximate surface area is 409 Å². The average molecular weight is 1050 g/mol. The fraction of sp³-hybridized carbons (Fsp3) is 0.275. The molecule has 6 aromatic carbocycles. The largest absolute Gasteiger partial charge is 0.573 e. The Hall–Kier alpha value is -7.23. The number of ether oxygens (including phenoxy) is 4. The van der Waals surface area contributed by atoms with Crippen molar-refractivity contribution in [2.24, 2.45) is 5.73 Å². The monoisotopic (exact) mass is 1050 g/mol. The van der Waals surface area contributed by atoms with E-state index < -0.39 is 90.4 Å². The van der Waals surface area contributed by atoms with E-state index >= 15 is 0 Å². The summed E-state index contributed by atoms with van der Waals surface area (Å²) in [6.45, 7) is 0. The molecule has 7 rings (SSSR count). The van der Waals surface area contributed by atoms with Crippen molar-refractivity contribution in [3.8, 4) is 23.0 Å². The lowest BCUT2D eigenvalue weighted by Crippen LogP contribution is -2.53. The van der Waals surface area contributed by atoms with Gasteiger partial charge in [-0.2, -0.15) is 0 Å². The molecule has 392 valence electrons. The van der Waals surface area contributed by atoms with Crippen LogP contribution in [0.3, 0.4) is 0 Å². The lowest BCUT2D eigenvalue weighted by atomic mass is 9.77. The fourth-order valence-electron chi connectivity index (χ4n) is 8.10. The van der Waals surface area contributed by atoms with Crippen LogP contribution in [0.1, 0.15) is 60.1 Å².